The van der Waals surface area contributed by atoms with Crippen LogP contribution in [0, 0.1) is 0 Å². The van der Waals surface area contributed by atoms with Crippen molar-refractivity contribution in [3.8, 4) is 0 Å². The Morgan fingerprint density at radius 3 is 2.43 bits per heavy atom. The number of hydrogen-bond acceptors (Lipinski definition) is 2. The quantitative estimate of drug-likeness (QED) is 0.561. The van der Waals surface area contributed by atoms with Crippen LogP contribution in [0.1, 0.15) is 48.8 Å². The van der Waals surface area contributed by atoms with Gasteiger partial charge in [-0.1, -0.05) is 47.1 Å². The highest BCUT2D eigenvalue weighted by molar-refractivity contribution is 9.10. The molecule has 0 spiro atoms. The Morgan fingerprint density at radius 2 is 1.83 bits per heavy atom. The van der Waals surface area contributed by atoms with E-state index >= 15 is 0 Å². The van der Waals surface area contributed by atoms with Crippen molar-refractivity contribution in [2.75, 3.05) is 19.8 Å². The average Bonchev–Trinajstić information content (AvgIpc) is 2.72. The summed E-state index contributed by atoms with van der Waals surface area (Å²) in [5, 5.41) is 3.06. The fourth-order valence-corrected chi connectivity index (χ4v) is 4.28. The van der Waals surface area contributed by atoms with Gasteiger partial charge >= 0.3 is 6.18 Å². The number of benzene rings is 2. The van der Waals surface area contributed by atoms with Gasteiger partial charge in [0.05, 0.1) is 5.56 Å². The summed E-state index contributed by atoms with van der Waals surface area (Å²) in [7, 11) is 0. The molecule has 30 heavy (non-hydrogen) atoms. The molecular formula is C23H25BrF3NO2. The molecule has 0 saturated carbocycles. The lowest BCUT2D eigenvalue weighted by Crippen LogP contribution is -2.44. The molecule has 162 valence electrons. The van der Waals surface area contributed by atoms with Crippen molar-refractivity contribution < 1.29 is 22.7 Å². The highest BCUT2D eigenvalue weighted by atomic mass is 79.9. The predicted octanol–water partition coefficient (Wildman–Crippen LogP) is 5.83. The third-order valence-electron chi connectivity index (χ3n) is 5.81. The maximum atomic E-state index is 12.7. The SMILES string of the molecule is CC(CC(=O)NCC1(c2cccc(Br)c2)CCOCC1)c1ccc(C(F)(F)F)cc1. The summed E-state index contributed by atoms with van der Waals surface area (Å²) in [6, 6.07) is 13.1. The molecule has 2 aromatic carbocycles. The van der Waals surface area contributed by atoms with Crippen LogP contribution in [0.15, 0.2) is 53.0 Å². The fraction of sp³-hybridized carbons (Fsp3) is 0.435. The molecule has 1 saturated heterocycles. The second kappa shape index (κ2) is 9.52. The highest BCUT2D eigenvalue weighted by Crippen LogP contribution is 2.36. The van der Waals surface area contributed by atoms with E-state index in [1.807, 2.05) is 19.1 Å². The second-order valence-corrected chi connectivity index (χ2v) is 8.82. The van der Waals surface area contributed by atoms with Gasteiger partial charge in [0.15, 0.2) is 0 Å². The third-order valence-corrected chi connectivity index (χ3v) is 6.30. The molecule has 1 N–H and O–H groups in total. The molecule has 1 heterocycles. The van der Waals surface area contributed by atoms with Gasteiger partial charge in [-0.15, -0.1) is 0 Å². The topological polar surface area (TPSA) is 38.3 Å². The molecule has 1 atom stereocenters. The van der Waals surface area contributed by atoms with Crippen molar-refractivity contribution in [1.82, 2.24) is 5.32 Å². The molecule has 1 aliphatic heterocycles. The number of hydrogen-bond donors (Lipinski definition) is 1. The Morgan fingerprint density at radius 1 is 1.17 bits per heavy atom. The summed E-state index contributed by atoms with van der Waals surface area (Å²) in [6.45, 7) is 3.64. The van der Waals surface area contributed by atoms with E-state index in [0.717, 1.165) is 35.0 Å². The van der Waals surface area contributed by atoms with Gasteiger partial charge in [0.1, 0.15) is 0 Å². The van der Waals surface area contributed by atoms with Crippen LogP contribution >= 0.6 is 15.9 Å². The van der Waals surface area contributed by atoms with E-state index in [0.29, 0.717) is 25.3 Å². The molecule has 1 fully saturated rings. The van der Waals surface area contributed by atoms with Gasteiger partial charge in [-0.3, -0.25) is 4.79 Å². The Balaban J connectivity index is 1.63. The highest BCUT2D eigenvalue weighted by Gasteiger charge is 2.35. The Hall–Kier alpha value is -1.86. The van der Waals surface area contributed by atoms with Crippen molar-refractivity contribution >= 4 is 21.8 Å². The predicted molar refractivity (Wildman–Crippen MR) is 113 cm³/mol. The summed E-state index contributed by atoms with van der Waals surface area (Å²) in [5.74, 6) is -0.285. The van der Waals surface area contributed by atoms with Gasteiger partial charge in [-0.05, 0) is 54.2 Å². The van der Waals surface area contributed by atoms with Gasteiger partial charge in [0.25, 0.3) is 0 Å². The Bertz CT molecular complexity index is 861. The number of carbonyl (C=O) groups excluding carboxylic acids is 1. The van der Waals surface area contributed by atoms with Crippen molar-refractivity contribution in [2.45, 2.75) is 43.7 Å². The maximum absolute atomic E-state index is 12.7. The smallest absolute Gasteiger partial charge is 0.381 e. The zero-order chi connectivity index (χ0) is 21.8. The van der Waals surface area contributed by atoms with E-state index in [-0.39, 0.29) is 23.7 Å². The van der Waals surface area contributed by atoms with Gasteiger partial charge in [-0.2, -0.15) is 13.2 Å². The number of ether oxygens (including phenoxy) is 1. The standard InChI is InChI=1S/C23H25BrF3NO2/c1-16(17-5-7-18(8-6-17)23(25,26)27)13-21(29)28-15-22(9-11-30-12-10-22)19-3-2-4-20(24)14-19/h2-8,14,16H,9-13,15H2,1H3,(H,28,29). The molecule has 2 aromatic rings. The van der Waals surface area contributed by atoms with Gasteiger partial charge in [0.2, 0.25) is 5.91 Å². The molecule has 3 nitrogen and oxygen atoms in total. The Kier molecular flexibility index (Phi) is 7.24. The fourth-order valence-electron chi connectivity index (χ4n) is 3.88. The zero-order valence-corrected chi connectivity index (χ0v) is 18.4. The minimum atomic E-state index is -4.36. The maximum Gasteiger partial charge on any atom is 0.416 e. The van der Waals surface area contributed by atoms with Crippen LogP contribution in [-0.2, 0) is 21.1 Å². The average molecular weight is 484 g/mol. The van der Waals surface area contributed by atoms with E-state index in [4.69, 9.17) is 4.74 Å². The van der Waals surface area contributed by atoms with E-state index in [1.54, 1.807) is 0 Å². The molecule has 0 aliphatic carbocycles. The molecule has 1 amide bonds. The summed E-state index contributed by atoms with van der Waals surface area (Å²) < 4.78 is 44.7. The molecule has 3 rings (SSSR count). The molecule has 7 heteroatoms. The first-order chi connectivity index (χ1) is 14.2. The molecular weight excluding hydrogens is 459 g/mol. The normalized spacial score (nSPS) is 17.4. The molecule has 1 aliphatic rings. The monoisotopic (exact) mass is 483 g/mol. The van der Waals surface area contributed by atoms with Crippen LogP contribution in [0.5, 0.6) is 0 Å². The van der Waals surface area contributed by atoms with Gasteiger partial charge < -0.3 is 10.1 Å². The van der Waals surface area contributed by atoms with Crippen LogP contribution in [0.3, 0.4) is 0 Å². The van der Waals surface area contributed by atoms with Crippen LogP contribution in [-0.4, -0.2) is 25.7 Å². The molecule has 1 unspecified atom stereocenters. The number of amides is 1. The van der Waals surface area contributed by atoms with E-state index in [2.05, 4.69) is 33.4 Å². The lowest BCUT2D eigenvalue weighted by Gasteiger charge is -2.38. The van der Waals surface area contributed by atoms with E-state index in [9.17, 15) is 18.0 Å². The third kappa shape index (κ3) is 5.64. The summed E-state index contributed by atoms with van der Waals surface area (Å²) in [4.78, 5) is 12.6. The van der Waals surface area contributed by atoms with Crippen molar-refractivity contribution in [3.05, 3.63) is 69.7 Å². The van der Waals surface area contributed by atoms with E-state index < -0.39 is 11.7 Å². The number of carbonyl (C=O) groups is 1. The molecule has 0 radical (unpaired) electrons. The van der Waals surface area contributed by atoms with Crippen molar-refractivity contribution in [3.63, 3.8) is 0 Å². The number of rotatable bonds is 6. The number of nitrogens with one attached hydrogen (secondary N) is 1. The van der Waals surface area contributed by atoms with Gasteiger partial charge in [0, 0.05) is 36.1 Å². The lowest BCUT2D eigenvalue weighted by molar-refractivity contribution is -0.137. The number of halogens is 4. The van der Waals surface area contributed by atoms with Crippen molar-refractivity contribution in [1.29, 1.82) is 0 Å². The second-order valence-electron chi connectivity index (χ2n) is 7.90. The van der Waals surface area contributed by atoms with E-state index in [1.165, 1.54) is 12.1 Å². The minimum absolute atomic E-state index is 0.108. The van der Waals surface area contributed by atoms with Gasteiger partial charge in [-0.25, -0.2) is 0 Å². The first-order valence-electron chi connectivity index (χ1n) is 9.97. The van der Waals surface area contributed by atoms with Crippen LogP contribution in [0.4, 0.5) is 13.2 Å². The van der Waals surface area contributed by atoms with Crippen LogP contribution in [0.2, 0.25) is 0 Å². The largest absolute Gasteiger partial charge is 0.416 e. The minimum Gasteiger partial charge on any atom is -0.381 e. The molecule has 0 bridgehead atoms. The first-order valence-corrected chi connectivity index (χ1v) is 10.8. The summed E-state index contributed by atoms with van der Waals surface area (Å²) >= 11 is 3.52. The van der Waals surface area contributed by atoms with Crippen molar-refractivity contribution in [2.24, 2.45) is 0 Å². The Labute approximate surface area is 183 Å². The summed E-state index contributed by atoms with van der Waals surface area (Å²) in [5.41, 5.74) is 1.01. The van der Waals surface area contributed by atoms with Crippen LogP contribution in [0.25, 0.3) is 0 Å². The first kappa shape index (κ1) is 22.8. The van der Waals surface area contributed by atoms with Crippen LogP contribution < -0.4 is 5.32 Å². The lowest BCUT2D eigenvalue weighted by atomic mass is 9.74. The zero-order valence-electron chi connectivity index (χ0n) is 16.8. The summed E-state index contributed by atoms with van der Waals surface area (Å²) in [6.07, 6.45) is -2.50. The number of alkyl halides is 3. The molecule has 0 aromatic heterocycles.